The summed E-state index contributed by atoms with van der Waals surface area (Å²) in [6.07, 6.45) is 2.97. The molecule has 3 aromatic rings. The molecule has 0 spiro atoms. The number of nitrogens with one attached hydrogen (secondary N) is 1. The van der Waals surface area contributed by atoms with Crippen LogP contribution in [0, 0.1) is 5.82 Å². The van der Waals surface area contributed by atoms with Gasteiger partial charge in [0.1, 0.15) is 5.82 Å². The third-order valence-corrected chi connectivity index (χ3v) is 4.77. The molecule has 2 nitrogen and oxygen atoms in total. The number of aromatic amines is 1. The lowest BCUT2D eigenvalue weighted by Gasteiger charge is -2.19. The van der Waals surface area contributed by atoms with E-state index in [1.54, 1.807) is 12.1 Å². The van der Waals surface area contributed by atoms with Crippen LogP contribution in [0.4, 0.5) is 4.39 Å². The minimum Gasteiger partial charge on any atom is -0.354 e. The molecule has 0 aliphatic heterocycles. The predicted molar refractivity (Wildman–Crippen MR) is 104 cm³/mol. The Morgan fingerprint density at radius 3 is 2.52 bits per heavy atom. The van der Waals surface area contributed by atoms with E-state index in [9.17, 15) is 4.39 Å². The number of hydrogen-bond acceptors (Lipinski definition) is 1. The van der Waals surface area contributed by atoms with E-state index in [1.165, 1.54) is 22.6 Å². The van der Waals surface area contributed by atoms with Gasteiger partial charge in [0.05, 0.1) is 0 Å². The first-order valence-electron chi connectivity index (χ1n) is 9.01. The largest absolute Gasteiger partial charge is 0.354 e. The molecule has 0 amide bonds. The van der Waals surface area contributed by atoms with E-state index in [4.69, 9.17) is 5.73 Å². The topological polar surface area (TPSA) is 41.8 Å². The van der Waals surface area contributed by atoms with Gasteiger partial charge in [0, 0.05) is 22.2 Å². The van der Waals surface area contributed by atoms with Gasteiger partial charge >= 0.3 is 0 Å². The Bertz CT molecular complexity index is 871. The van der Waals surface area contributed by atoms with E-state index in [2.05, 4.69) is 44.0 Å². The zero-order valence-electron chi connectivity index (χ0n) is 15.3. The highest BCUT2D eigenvalue weighted by molar-refractivity contribution is 5.91. The molecule has 132 valence electrons. The van der Waals surface area contributed by atoms with Crippen LogP contribution in [0.25, 0.3) is 22.2 Å². The Morgan fingerprint density at radius 1 is 1.04 bits per heavy atom. The molecule has 0 aliphatic rings. The van der Waals surface area contributed by atoms with E-state index in [0.29, 0.717) is 6.54 Å². The third-order valence-electron chi connectivity index (χ3n) is 4.77. The van der Waals surface area contributed by atoms with Gasteiger partial charge in [-0.25, -0.2) is 4.39 Å². The smallest absolute Gasteiger partial charge is 0.123 e. The van der Waals surface area contributed by atoms with Gasteiger partial charge in [-0.15, -0.1) is 0 Å². The van der Waals surface area contributed by atoms with Gasteiger partial charge in [-0.3, -0.25) is 0 Å². The fourth-order valence-corrected chi connectivity index (χ4v) is 3.31. The molecule has 0 fully saturated rings. The highest BCUT2D eigenvalue weighted by Crippen LogP contribution is 2.34. The summed E-state index contributed by atoms with van der Waals surface area (Å²) in [4.78, 5) is 3.52. The van der Waals surface area contributed by atoms with Crippen molar-refractivity contribution < 1.29 is 4.39 Å². The maximum absolute atomic E-state index is 13.7. The Kier molecular flexibility index (Phi) is 4.96. The van der Waals surface area contributed by atoms with E-state index in [0.717, 1.165) is 36.0 Å². The number of H-pyrrole nitrogens is 1. The summed E-state index contributed by atoms with van der Waals surface area (Å²) < 4.78 is 13.7. The summed E-state index contributed by atoms with van der Waals surface area (Å²) in [6.45, 7) is 7.37. The fourth-order valence-electron chi connectivity index (χ4n) is 3.31. The summed E-state index contributed by atoms with van der Waals surface area (Å²) in [6, 6.07) is 13.4. The molecular weight excluding hydrogens is 311 g/mol. The molecule has 1 heterocycles. The first kappa shape index (κ1) is 17.7. The molecule has 0 saturated heterocycles. The predicted octanol–water partition coefficient (Wildman–Crippen LogP) is 5.55. The molecule has 2 aromatic carbocycles. The lowest BCUT2D eigenvalue weighted by Crippen LogP contribution is -2.10. The van der Waals surface area contributed by atoms with Crippen LogP contribution < -0.4 is 5.73 Å². The number of hydrogen-bond donors (Lipinski definition) is 2. The Labute approximate surface area is 149 Å². The van der Waals surface area contributed by atoms with Gasteiger partial charge in [-0.05, 0) is 66.6 Å². The monoisotopic (exact) mass is 338 g/mol. The standard InChI is InChI=1S/C22H27FN2/c1-22(2,3)16-10-11-20-19(14-16)18(9-4-5-12-24)21(25-20)15-7-6-8-17(23)13-15/h6-8,10-11,13-14,25H,4-5,9,12,24H2,1-3H3. The normalized spacial score (nSPS) is 12.0. The van der Waals surface area contributed by atoms with Crippen molar-refractivity contribution in [2.75, 3.05) is 6.54 Å². The van der Waals surface area contributed by atoms with Crippen molar-refractivity contribution in [1.29, 1.82) is 0 Å². The summed E-state index contributed by atoms with van der Waals surface area (Å²) >= 11 is 0. The number of aryl methyl sites for hydroxylation is 1. The molecule has 3 heteroatoms. The average Bonchev–Trinajstić information content (AvgIpc) is 2.92. The Morgan fingerprint density at radius 2 is 1.84 bits per heavy atom. The minimum atomic E-state index is -0.209. The van der Waals surface area contributed by atoms with Crippen molar-refractivity contribution in [2.45, 2.75) is 45.4 Å². The summed E-state index contributed by atoms with van der Waals surface area (Å²) in [7, 11) is 0. The van der Waals surface area contributed by atoms with Gasteiger partial charge < -0.3 is 10.7 Å². The maximum atomic E-state index is 13.7. The first-order valence-corrected chi connectivity index (χ1v) is 9.01. The van der Waals surface area contributed by atoms with Crippen LogP contribution in [0.2, 0.25) is 0 Å². The second-order valence-electron chi connectivity index (χ2n) is 7.75. The van der Waals surface area contributed by atoms with Crippen LogP contribution in [-0.4, -0.2) is 11.5 Å². The molecule has 1 aromatic heterocycles. The van der Waals surface area contributed by atoms with Crippen molar-refractivity contribution in [3.05, 3.63) is 59.4 Å². The van der Waals surface area contributed by atoms with E-state index >= 15 is 0 Å². The van der Waals surface area contributed by atoms with Gasteiger partial charge in [-0.2, -0.15) is 0 Å². The van der Waals surface area contributed by atoms with Crippen molar-refractivity contribution in [3.8, 4) is 11.3 Å². The molecular formula is C22H27FN2. The molecule has 0 radical (unpaired) electrons. The number of fused-ring (bicyclic) bond motifs is 1. The number of rotatable bonds is 5. The van der Waals surface area contributed by atoms with E-state index < -0.39 is 0 Å². The van der Waals surface area contributed by atoms with E-state index in [-0.39, 0.29) is 11.2 Å². The third kappa shape index (κ3) is 3.77. The quantitative estimate of drug-likeness (QED) is 0.588. The van der Waals surface area contributed by atoms with Crippen LogP contribution in [0.1, 0.15) is 44.7 Å². The number of unbranched alkanes of at least 4 members (excludes halogenated alkanes) is 1. The zero-order valence-corrected chi connectivity index (χ0v) is 15.3. The van der Waals surface area contributed by atoms with Gasteiger partial charge in [-0.1, -0.05) is 39.0 Å². The second-order valence-corrected chi connectivity index (χ2v) is 7.75. The number of nitrogens with two attached hydrogens (primary N) is 1. The number of benzene rings is 2. The molecule has 3 N–H and O–H groups in total. The van der Waals surface area contributed by atoms with Gasteiger partial charge in [0.15, 0.2) is 0 Å². The van der Waals surface area contributed by atoms with E-state index in [1.807, 2.05) is 6.07 Å². The lowest BCUT2D eigenvalue weighted by molar-refractivity contribution is 0.591. The maximum Gasteiger partial charge on any atom is 0.123 e. The Hall–Kier alpha value is -2.13. The highest BCUT2D eigenvalue weighted by Gasteiger charge is 2.18. The van der Waals surface area contributed by atoms with Crippen LogP contribution in [0.15, 0.2) is 42.5 Å². The van der Waals surface area contributed by atoms with Crippen molar-refractivity contribution in [1.82, 2.24) is 4.98 Å². The lowest BCUT2D eigenvalue weighted by atomic mass is 9.86. The van der Waals surface area contributed by atoms with Crippen LogP contribution in [0.5, 0.6) is 0 Å². The van der Waals surface area contributed by atoms with Gasteiger partial charge in [0.2, 0.25) is 0 Å². The summed E-state index contributed by atoms with van der Waals surface area (Å²) in [5.74, 6) is -0.209. The van der Waals surface area contributed by atoms with Crippen molar-refractivity contribution in [2.24, 2.45) is 5.73 Å². The zero-order chi connectivity index (χ0) is 18.0. The van der Waals surface area contributed by atoms with Crippen LogP contribution in [0.3, 0.4) is 0 Å². The molecule has 3 rings (SSSR count). The molecule has 25 heavy (non-hydrogen) atoms. The summed E-state index contributed by atoms with van der Waals surface area (Å²) in [5.41, 5.74) is 11.4. The van der Waals surface area contributed by atoms with Crippen LogP contribution in [-0.2, 0) is 11.8 Å². The minimum absolute atomic E-state index is 0.0962. The number of halogens is 1. The van der Waals surface area contributed by atoms with Crippen LogP contribution >= 0.6 is 0 Å². The molecule has 0 atom stereocenters. The average molecular weight is 338 g/mol. The number of aromatic nitrogens is 1. The fraction of sp³-hybridized carbons (Fsp3) is 0.364. The molecule has 0 aliphatic carbocycles. The first-order chi connectivity index (χ1) is 11.9. The highest BCUT2D eigenvalue weighted by atomic mass is 19.1. The molecule has 0 saturated carbocycles. The van der Waals surface area contributed by atoms with Crippen molar-refractivity contribution in [3.63, 3.8) is 0 Å². The Balaban J connectivity index is 2.16. The SMILES string of the molecule is CC(C)(C)c1ccc2[nH]c(-c3cccc(F)c3)c(CCCCN)c2c1. The summed E-state index contributed by atoms with van der Waals surface area (Å²) in [5, 5.41) is 1.24. The van der Waals surface area contributed by atoms with Gasteiger partial charge in [0.25, 0.3) is 0 Å². The van der Waals surface area contributed by atoms with Crippen molar-refractivity contribution >= 4 is 10.9 Å². The second kappa shape index (κ2) is 7.01. The molecule has 0 bridgehead atoms. The molecule has 0 unspecified atom stereocenters.